The molecular weight excluding hydrogens is 208 g/mol. The Balaban J connectivity index is 1.76. The molecule has 4 heteroatoms. The zero-order valence-corrected chi connectivity index (χ0v) is 9.00. The van der Waals surface area contributed by atoms with Crippen LogP contribution in [0.5, 0.6) is 0 Å². The van der Waals surface area contributed by atoms with Crippen LogP contribution in [0.1, 0.15) is 12.8 Å². The molecule has 0 bridgehead atoms. The van der Waals surface area contributed by atoms with Gasteiger partial charge < -0.3 is 19.7 Å². The second kappa shape index (κ2) is 3.58. The average Bonchev–Trinajstić information content (AvgIpc) is 3.06. The topological polar surface area (TPSA) is 65.5 Å². The normalized spacial score (nSPS) is 45.3. The first-order chi connectivity index (χ1) is 7.67. The Hall–Kier alpha value is -0.840. The van der Waals surface area contributed by atoms with E-state index in [1.807, 2.05) is 0 Å². The van der Waals surface area contributed by atoms with E-state index in [1.54, 1.807) is 18.2 Å². The third-order valence-corrected chi connectivity index (χ3v) is 3.47. The van der Waals surface area contributed by atoms with Gasteiger partial charge in [0.05, 0.1) is 42.7 Å². The van der Waals surface area contributed by atoms with Crippen LogP contribution in [0.3, 0.4) is 0 Å². The van der Waals surface area contributed by atoms with Gasteiger partial charge in [0.1, 0.15) is 0 Å². The maximum atomic E-state index is 10.6. The molecule has 2 N–H and O–H groups in total. The van der Waals surface area contributed by atoms with Gasteiger partial charge in [-0.3, -0.25) is 0 Å². The first-order valence-electron chi connectivity index (χ1n) is 5.71. The lowest BCUT2D eigenvalue weighted by Crippen LogP contribution is -2.40. The van der Waals surface area contributed by atoms with E-state index >= 15 is 0 Å². The molecule has 0 aromatic carbocycles. The molecule has 2 heterocycles. The average molecular weight is 224 g/mol. The molecule has 3 rings (SSSR count). The van der Waals surface area contributed by atoms with Crippen molar-refractivity contribution in [2.45, 2.75) is 30.7 Å². The van der Waals surface area contributed by atoms with Crippen LogP contribution in [-0.4, -0.2) is 41.2 Å². The Morgan fingerprint density at radius 2 is 2.00 bits per heavy atom. The minimum atomic E-state index is -0.980. The minimum absolute atomic E-state index is 0.142. The number of allylic oxidation sites excluding steroid dienone is 2. The van der Waals surface area contributed by atoms with Crippen LogP contribution >= 0.6 is 0 Å². The molecule has 4 atom stereocenters. The zero-order valence-electron chi connectivity index (χ0n) is 9.00. The first kappa shape index (κ1) is 10.3. The van der Waals surface area contributed by atoms with E-state index < -0.39 is 5.60 Å². The number of ether oxygens (including phenoxy) is 2. The largest absolute Gasteiger partial charge is 0.512 e. The van der Waals surface area contributed by atoms with Crippen molar-refractivity contribution in [2.75, 3.05) is 13.2 Å². The maximum absolute atomic E-state index is 10.6. The van der Waals surface area contributed by atoms with Gasteiger partial charge >= 0.3 is 0 Å². The summed E-state index contributed by atoms with van der Waals surface area (Å²) in [7, 11) is 0. The predicted molar refractivity (Wildman–Crippen MR) is 57.0 cm³/mol. The Morgan fingerprint density at radius 1 is 1.31 bits per heavy atom. The van der Waals surface area contributed by atoms with Crippen LogP contribution in [0, 0.1) is 5.92 Å². The first-order valence-corrected chi connectivity index (χ1v) is 5.71. The quantitative estimate of drug-likeness (QED) is 0.697. The molecule has 4 unspecified atom stereocenters. The Labute approximate surface area is 94.2 Å². The summed E-state index contributed by atoms with van der Waals surface area (Å²) in [4.78, 5) is 0. The molecule has 2 fully saturated rings. The van der Waals surface area contributed by atoms with Crippen molar-refractivity contribution >= 4 is 0 Å². The monoisotopic (exact) mass is 224 g/mol. The molecule has 0 aromatic rings. The van der Waals surface area contributed by atoms with Crippen molar-refractivity contribution in [2.24, 2.45) is 5.92 Å². The molecular formula is C12H16O4. The van der Waals surface area contributed by atoms with Crippen molar-refractivity contribution < 1.29 is 19.7 Å². The van der Waals surface area contributed by atoms with Gasteiger partial charge in [-0.1, -0.05) is 12.2 Å². The summed E-state index contributed by atoms with van der Waals surface area (Å²) in [6.45, 7) is 1.46. The Bertz CT molecular complexity index is 341. The Morgan fingerprint density at radius 3 is 2.62 bits per heavy atom. The minimum Gasteiger partial charge on any atom is -0.512 e. The van der Waals surface area contributed by atoms with E-state index in [0.29, 0.717) is 19.4 Å². The number of hydrogen-bond donors (Lipinski definition) is 2. The molecule has 0 amide bonds. The van der Waals surface area contributed by atoms with E-state index in [0.717, 1.165) is 6.61 Å². The van der Waals surface area contributed by atoms with Gasteiger partial charge in [-0.05, 0) is 12.5 Å². The van der Waals surface area contributed by atoms with Gasteiger partial charge in [0.25, 0.3) is 0 Å². The predicted octanol–water partition coefficient (Wildman–Crippen LogP) is 0.923. The van der Waals surface area contributed by atoms with Crippen LogP contribution in [0.4, 0.5) is 0 Å². The smallest absolute Gasteiger partial charge is 0.0986 e. The van der Waals surface area contributed by atoms with E-state index in [9.17, 15) is 10.2 Å². The highest BCUT2D eigenvalue weighted by molar-refractivity contribution is 5.26. The third kappa shape index (κ3) is 2.00. The van der Waals surface area contributed by atoms with Gasteiger partial charge in [-0.25, -0.2) is 0 Å². The fraction of sp³-hybridized carbons (Fsp3) is 0.667. The molecule has 0 aromatic heterocycles. The molecule has 1 aliphatic carbocycles. The van der Waals surface area contributed by atoms with E-state index in [-0.39, 0.29) is 23.9 Å². The number of aliphatic hydroxyl groups excluding tert-OH is 1. The van der Waals surface area contributed by atoms with Crippen molar-refractivity contribution in [1.82, 2.24) is 0 Å². The summed E-state index contributed by atoms with van der Waals surface area (Å²) in [6, 6.07) is 0. The summed E-state index contributed by atoms with van der Waals surface area (Å²) in [5.74, 6) is -0.00431. The van der Waals surface area contributed by atoms with Crippen molar-refractivity contribution in [1.29, 1.82) is 0 Å². The van der Waals surface area contributed by atoms with E-state index in [1.165, 1.54) is 0 Å². The number of hydrogen-bond acceptors (Lipinski definition) is 4. The van der Waals surface area contributed by atoms with Crippen LogP contribution in [0.2, 0.25) is 0 Å². The molecule has 2 saturated heterocycles. The molecule has 3 aliphatic rings. The van der Waals surface area contributed by atoms with Crippen molar-refractivity contribution in [3.8, 4) is 0 Å². The Kier molecular flexibility index (Phi) is 2.31. The summed E-state index contributed by atoms with van der Waals surface area (Å²) in [5, 5.41) is 20.4. The van der Waals surface area contributed by atoms with Gasteiger partial charge in [0.2, 0.25) is 0 Å². The molecule has 16 heavy (non-hydrogen) atoms. The van der Waals surface area contributed by atoms with Gasteiger partial charge in [0, 0.05) is 6.42 Å². The lowest BCUT2D eigenvalue weighted by Gasteiger charge is -2.34. The molecule has 4 nitrogen and oxygen atoms in total. The third-order valence-electron chi connectivity index (χ3n) is 3.47. The summed E-state index contributed by atoms with van der Waals surface area (Å²) < 4.78 is 10.3. The fourth-order valence-electron chi connectivity index (χ4n) is 2.35. The van der Waals surface area contributed by atoms with E-state index in [2.05, 4.69) is 0 Å². The van der Waals surface area contributed by atoms with Gasteiger partial charge in [-0.2, -0.15) is 0 Å². The molecule has 88 valence electrons. The number of aliphatic hydroxyl groups is 2. The summed E-state index contributed by atoms with van der Waals surface area (Å²) >= 11 is 0. The van der Waals surface area contributed by atoms with Crippen LogP contribution in [-0.2, 0) is 9.47 Å². The van der Waals surface area contributed by atoms with Crippen LogP contribution < -0.4 is 0 Å². The standard InChI is InChI=1S/C12H16O4/c13-11-2-1-3-12(14,5-9-7-16-9)10(11)4-8-6-15-8/h1-3,8-10,13-14H,4-7H2. The van der Waals surface area contributed by atoms with Crippen LogP contribution in [0.15, 0.2) is 24.0 Å². The molecule has 0 spiro atoms. The number of epoxide rings is 2. The lowest BCUT2D eigenvalue weighted by atomic mass is 9.77. The van der Waals surface area contributed by atoms with Gasteiger partial charge in [0.15, 0.2) is 0 Å². The van der Waals surface area contributed by atoms with Crippen LogP contribution in [0.25, 0.3) is 0 Å². The maximum Gasteiger partial charge on any atom is 0.0986 e. The SMILES string of the molecule is OC1=CC=CC(O)(CC2CO2)C1CC1CO1. The fourth-order valence-corrected chi connectivity index (χ4v) is 2.35. The second-order valence-electron chi connectivity index (χ2n) is 4.84. The lowest BCUT2D eigenvalue weighted by molar-refractivity contribution is 0.00390. The van der Waals surface area contributed by atoms with Gasteiger partial charge in [-0.15, -0.1) is 0 Å². The highest BCUT2D eigenvalue weighted by atomic mass is 16.6. The number of rotatable bonds is 4. The summed E-state index contributed by atoms with van der Waals surface area (Å²) in [5.41, 5.74) is -0.980. The molecule has 0 saturated carbocycles. The molecule has 0 radical (unpaired) electrons. The second-order valence-corrected chi connectivity index (χ2v) is 4.84. The van der Waals surface area contributed by atoms with Crippen molar-refractivity contribution in [3.05, 3.63) is 24.0 Å². The van der Waals surface area contributed by atoms with Crippen molar-refractivity contribution in [3.63, 3.8) is 0 Å². The van der Waals surface area contributed by atoms with E-state index in [4.69, 9.17) is 9.47 Å². The highest BCUT2D eigenvalue weighted by Crippen LogP contribution is 2.40. The zero-order chi connectivity index (χ0) is 11.2. The summed E-state index contributed by atoms with van der Waals surface area (Å²) in [6.07, 6.45) is 6.69. The highest BCUT2D eigenvalue weighted by Gasteiger charge is 2.45. The molecule has 2 aliphatic heterocycles.